The molecule has 2 fully saturated rings. The molecule has 1 saturated carbocycles. The van der Waals surface area contributed by atoms with Gasteiger partial charge in [-0.2, -0.15) is 0 Å². The molecular formula is C35H45NO4Se. The molecule has 1 aliphatic heterocycles. The molecule has 5 rings (SSSR count). The van der Waals surface area contributed by atoms with Crippen LogP contribution in [0.3, 0.4) is 0 Å². The Kier molecular flexibility index (Phi) is 9.78. The molecule has 6 atom stereocenters. The minimum absolute atomic E-state index is 0.0256. The van der Waals surface area contributed by atoms with Crippen molar-refractivity contribution in [2.75, 3.05) is 27.9 Å². The second-order valence-corrected chi connectivity index (χ2v) is 14.8. The predicted molar refractivity (Wildman–Crippen MR) is 166 cm³/mol. The van der Waals surface area contributed by atoms with E-state index in [-0.39, 0.29) is 43.7 Å². The molecule has 0 spiro atoms. The predicted octanol–water partition coefficient (Wildman–Crippen LogP) is 6.82. The van der Waals surface area contributed by atoms with Crippen LogP contribution < -0.4 is 13.9 Å². The van der Waals surface area contributed by atoms with Crippen LogP contribution in [0.25, 0.3) is 0 Å². The zero-order valence-corrected chi connectivity index (χ0v) is 27.0. The van der Waals surface area contributed by atoms with E-state index in [1.54, 1.807) is 14.2 Å². The Morgan fingerprint density at radius 1 is 0.902 bits per heavy atom. The number of fused-ring (bicyclic) bond motifs is 1. The van der Waals surface area contributed by atoms with E-state index in [1.807, 2.05) is 13.2 Å². The van der Waals surface area contributed by atoms with Gasteiger partial charge in [0.05, 0.1) is 0 Å². The first kappa shape index (κ1) is 30.1. The summed E-state index contributed by atoms with van der Waals surface area (Å²) in [4.78, 5) is 2.90. The van der Waals surface area contributed by atoms with Gasteiger partial charge >= 0.3 is 253 Å². The van der Waals surface area contributed by atoms with E-state index in [9.17, 15) is 0 Å². The molecule has 6 heteroatoms. The number of methoxy groups -OCH3 is 3. The third-order valence-corrected chi connectivity index (χ3v) is 11.7. The van der Waals surface area contributed by atoms with Crippen molar-refractivity contribution in [3.63, 3.8) is 0 Å². The van der Waals surface area contributed by atoms with E-state index in [2.05, 4.69) is 98.5 Å². The quantitative estimate of drug-likeness (QED) is 0.232. The van der Waals surface area contributed by atoms with E-state index >= 15 is 0 Å². The van der Waals surface area contributed by atoms with Crippen molar-refractivity contribution in [2.45, 2.75) is 68.8 Å². The molecule has 1 aliphatic carbocycles. The number of rotatable bonds is 10. The van der Waals surface area contributed by atoms with Gasteiger partial charge in [-0.15, -0.1) is 0 Å². The van der Waals surface area contributed by atoms with Crippen molar-refractivity contribution in [3.05, 3.63) is 90.0 Å². The Hall–Kier alpha value is -2.34. The second-order valence-electron chi connectivity index (χ2n) is 12.0. The van der Waals surface area contributed by atoms with Crippen LogP contribution in [0.2, 0.25) is 4.82 Å². The van der Waals surface area contributed by atoms with Crippen molar-refractivity contribution in [2.24, 2.45) is 11.8 Å². The molecule has 0 bridgehead atoms. The molecule has 1 saturated heterocycles. The first-order chi connectivity index (χ1) is 19.8. The summed E-state index contributed by atoms with van der Waals surface area (Å²) in [6.45, 7) is 8.10. The molecule has 220 valence electrons. The molecule has 0 amide bonds. The monoisotopic (exact) mass is 623 g/mol. The summed E-state index contributed by atoms with van der Waals surface area (Å²) in [5.74, 6) is 2.61. The van der Waals surface area contributed by atoms with Crippen LogP contribution in [0.5, 0.6) is 11.5 Å². The van der Waals surface area contributed by atoms with Gasteiger partial charge < -0.3 is 0 Å². The average molecular weight is 623 g/mol. The summed E-state index contributed by atoms with van der Waals surface area (Å²) in [5, 5.41) is 0. The number of hydrogen-bond acceptors (Lipinski definition) is 5. The Morgan fingerprint density at radius 3 is 2.24 bits per heavy atom. The first-order valence-electron chi connectivity index (χ1n) is 14.8. The van der Waals surface area contributed by atoms with Crippen molar-refractivity contribution in [1.82, 2.24) is 4.90 Å². The summed E-state index contributed by atoms with van der Waals surface area (Å²) in [5.41, 5.74) is 2.26. The molecule has 0 N–H and O–H groups in total. The Balaban J connectivity index is 1.57. The molecule has 3 aromatic rings. The van der Waals surface area contributed by atoms with E-state index in [0.717, 1.165) is 30.0 Å². The molecule has 0 aromatic heterocycles. The zero-order valence-electron chi connectivity index (χ0n) is 25.3. The summed E-state index contributed by atoms with van der Waals surface area (Å²) in [6, 6.07) is 27.8. The van der Waals surface area contributed by atoms with Crippen LogP contribution in [0.1, 0.15) is 63.5 Å². The van der Waals surface area contributed by atoms with E-state index in [4.69, 9.17) is 18.9 Å². The van der Waals surface area contributed by atoms with Gasteiger partial charge in [0.25, 0.3) is 0 Å². The topological polar surface area (TPSA) is 40.2 Å². The third-order valence-electron chi connectivity index (χ3n) is 9.11. The van der Waals surface area contributed by atoms with Crippen molar-refractivity contribution in [3.8, 4) is 11.5 Å². The average Bonchev–Trinajstić information content (AvgIpc) is 2.99. The number of nitrogens with zero attached hydrogens (tertiary/aromatic N) is 1. The van der Waals surface area contributed by atoms with Crippen LogP contribution in [-0.2, 0) is 9.47 Å². The summed E-state index contributed by atoms with van der Waals surface area (Å²) in [6.07, 6.45) is 3.56. The summed E-state index contributed by atoms with van der Waals surface area (Å²) in [7, 11) is 5.24. The van der Waals surface area contributed by atoms with E-state index in [0.29, 0.717) is 11.8 Å². The fraction of sp³-hybridized carbons (Fsp3) is 0.486. The van der Waals surface area contributed by atoms with Gasteiger partial charge in [0.15, 0.2) is 0 Å². The van der Waals surface area contributed by atoms with Gasteiger partial charge in [0, 0.05) is 0 Å². The van der Waals surface area contributed by atoms with Gasteiger partial charge in [-0.1, -0.05) is 0 Å². The standard InChI is InChI=1S/C35H45NO4Se/c1-24-17-19-28-30(21-24)40-34(26-18-20-29(37-4)31(22-26)38-5)36(35(28,2)3)23-32(41-27-15-11-8-12-16-27)33(39-6)25-13-9-7-10-14-25/h7-16,18,20,22,24,28,30,32-34H,17,19,21,23H2,1-6H3/t24-,28-,30-,32-,33+,34+/m1/s1. The fourth-order valence-electron chi connectivity index (χ4n) is 6.85. The summed E-state index contributed by atoms with van der Waals surface area (Å²) >= 11 is 0.175. The number of hydrogen-bond donors (Lipinski definition) is 0. The Bertz CT molecular complexity index is 1250. The second kappa shape index (κ2) is 13.3. The molecule has 0 radical (unpaired) electrons. The molecule has 41 heavy (non-hydrogen) atoms. The van der Waals surface area contributed by atoms with Crippen molar-refractivity contribution < 1.29 is 18.9 Å². The summed E-state index contributed by atoms with van der Waals surface area (Å²) < 4.78 is 26.1. The first-order valence-corrected chi connectivity index (χ1v) is 16.6. The maximum absolute atomic E-state index is 7.13. The van der Waals surface area contributed by atoms with E-state index < -0.39 is 0 Å². The van der Waals surface area contributed by atoms with Crippen molar-refractivity contribution >= 4 is 19.4 Å². The molecular weight excluding hydrogens is 577 g/mol. The van der Waals surface area contributed by atoms with Crippen LogP contribution >= 0.6 is 0 Å². The SMILES string of the molecule is COc1ccc([C@@H]2O[C@@H]3C[C@H](C)CC[C@H]3C(C)(C)N2C[C@@H]([Se]c2ccccc2)[C@@H](OC)c2ccccc2)cc1OC. The molecule has 2 aliphatic rings. The maximum atomic E-state index is 7.13. The molecule has 1 heterocycles. The van der Waals surface area contributed by atoms with Crippen LogP contribution in [0.15, 0.2) is 78.9 Å². The molecule has 3 aromatic carbocycles. The van der Waals surface area contributed by atoms with Crippen LogP contribution in [0.4, 0.5) is 0 Å². The Labute approximate surface area is 252 Å². The normalized spacial score (nSPS) is 25.6. The van der Waals surface area contributed by atoms with Gasteiger partial charge in [0.1, 0.15) is 0 Å². The van der Waals surface area contributed by atoms with Crippen LogP contribution in [-0.4, -0.2) is 59.4 Å². The molecule has 5 nitrogen and oxygen atoms in total. The number of benzene rings is 3. The van der Waals surface area contributed by atoms with Gasteiger partial charge in [-0.05, 0) is 0 Å². The van der Waals surface area contributed by atoms with Gasteiger partial charge in [-0.25, -0.2) is 0 Å². The van der Waals surface area contributed by atoms with E-state index in [1.165, 1.54) is 22.9 Å². The zero-order chi connectivity index (χ0) is 29.0. The fourth-order valence-corrected chi connectivity index (χ4v) is 9.55. The molecule has 0 unspecified atom stereocenters. The van der Waals surface area contributed by atoms with Gasteiger partial charge in [0.2, 0.25) is 0 Å². The van der Waals surface area contributed by atoms with Crippen molar-refractivity contribution in [1.29, 1.82) is 0 Å². The van der Waals surface area contributed by atoms with Gasteiger partial charge in [-0.3, -0.25) is 0 Å². The van der Waals surface area contributed by atoms with Crippen LogP contribution in [0, 0.1) is 11.8 Å². The Morgan fingerprint density at radius 2 is 1.59 bits per heavy atom. The third kappa shape index (κ3) is 6.53. The minimum atomic E-state index is -0.196. The number of ether oxygens (including phenoxy) is 4.